The molecule has 12 heteroatoms. The normalized spacial score (nSPS) is 18.9. The topological polar surface area (TPSA) is 123 Å². The standard InChI is InChI=1S/C23H22N6O5S/c1-4-33-16-9-8-13(10-17(16)32-2)21-24-18(34-26-21)12-28-20-19(25-27-28)22(30)29(23(20)31)14-6-5-7-15(11-14)35-3/h5-11,19-20H,4,12H2,1-3H3/t19-,20-/m1/s1. The van der Waals surface area contributed by atoms with Gasteiger partial charge in [0, 0.05) is 10.5 Å². The minimum absolute atomic E-state index is 0.0313. The molecule has 3 heterocycles. The van der Waals surface area contributed by atoms with Gasteiger partial charge in [0.05, 0.1) is 19.4 Å². The number of benzene rings is 2. The molecule has 3 aromatic rings. The highest BCUT2D eigenvalue weighted by molar-refractivity contribution is 7.98. The Balaban J connectivity index is 1.34. The number of hydrogen-bond donors (Lipinski definition) is 0. The van der Waals surface area contributed by atoms with Crippen LogP contribution in [0, 0.1) is 0 Å². The van der Waals surface area contributed by atoms with Crippen molar-refractivity contribution in [3.8, 4) is 22.9 Å². The molecule has 35 heavy (non-hydrogen) atoms. The van der Waals surface area contributed by atoms with Crippen LogP contribution < -0.4 is 14.4 Å². The van der Waals surface area contributed by atoms with E-state index >= 15 is 0 Å². The van der Waals surface area contributed by atoms with Crippen molar-refractivity contribution in [2.75, 3.05) is 24.9 Å². The summed E-state index contributed by atoms with van der Waals surface area (Å²) in [4.78, 5) is 32.7. The molecule has 0 aliphatic carbocycles. The van der Waals surface area contributed by atoms with Gasteiger partial charge in [0.15, 0.2) is 23.6 Å². The average molecular weight is 495 g/mol. The Kier molecular flexibility index (Phi) is 6.12. The van der Waals surface area contributed by atoms with Crippen LogP contribution in [0.5, 0.6) is 11.5 Å². The van der Waals surface area contributed by atoms with Gasteiger partial charge in [-0.15, -0.1) is 11.8 Å². The number of carbonyl (C=O) groups excluding carboxylic acids is 2. The predicted molar refractivity (Wildman–Crippen MR) is 126 cm³/mol. The van der Waals surface area contributed by atoms with Gasteiger partial charge in [-0.3, -0.25) is 14.6 Å². The maximum Gasteiger partial charge on any atom is 0.263 e. The first kappa shape index (κ1) is 22.8. The number of hydrogen-bond acceptors (Lipinski definition) is 11. The van der Waals surface area contributed by atoms with E-state index in [4.69, 9.17) is 14.0 Å². The summed E-state index contributed by atoms with van der Waals surface area (Å²) >= 11 is 1.53. The lowest BCUT2D eigenvalue weighted by Crippen LogP contribution is -2.39. The van der Waals surface area contributed by atoms with Crippen molar-refractivity contribution < 1.29 is 23.6 Å². The molecule has 2 aliphatic rings. The number of amides is 2. The molecule has 2 aromatic carbocycles. The SMILES string of the molecule is CCOc1ccc(-c2noc(CN3N=N[C@H]4C(=O)N(c5cccc(SC)c5)C(=O)[C@@H]43)n2)cc1OC. The molecule has 0 unspecified atom stereocenters. The number of ether oxygens (including phenoxy) is 2. The van der Waals surface area contributed by atoms with Gasteiger partial charge in [-0.1, -0.05) is 16.4 Å². The van der Waals surface area contributed by atoms with Crippen molar-refractivity contribution in [2.45, 2.75) is 30.4 Å². The van der Waals surface area contributed by atoms with E-state index in [0.717, 1.165) is 4.90 Å². The number of imide groups is 1. The van der Waals surface area contributed by atoms with Gasteiger partial charge < -0.3 is 14.0 Å². The number of fused-ring (bicyclic) bond motifs is 1. The van der Waals surface area contributed by atoms with Crippen molar-refractivity contribution in [3.05, 3.63) is 48.4 Å². The third-order valence-electron chi connectivity index (χ3n) is 5.66. The van der Waals surface area contributed by atoms with Crippen LogP contribution in [0.3, 0.4) is 0 Å². The van der Waals surface area contributed by atoms with Crippen LogP contribution in [0.2, 0.25) is 0 Å². The summed E-state index contributed by atoms with van der Waals surface area (Å²) in [6, 6.07) is 10.8. The van der Waals surface area contributed by atoms with E-state index in [1.54, 1.807) is 37.4 Å². The first-order valence-corrected chi connectivity index (χ1v) is 12.1. The Hall–Kier alpha value is -3.93. The van der Waals surface area contributed by atoms with E-state index in [1.165, 1.54) is 21.7 Å². The fourth-order valence-corrected chi connectivity index (χ4v) is 4.47. The number of nitrogens with zero attached hydrogens (tertiary/aromatic N) is 6. The van der Waals surface area contributed by atoms with Crippen molar-refractivity contribution in [3.63, 3.8) is 0 Å². The van der Waals surface area contributed by atoms with E-state index < -0.39 is 18.0 Å². The third-order valence-corrected chi connectivity index (χ3v) is 6.38. The molecule has 0 saturated carbocycles. The molecule has 180 valence electrons. The van der Waals surface area contributed by atoms with Gasteiger partial charge in [0.1, 0.15) is 6.54 Å². The summed E-state index contributed by atoms with van der Waals surface area (Å²) in [5.74, 6) is 0.945. The van der Waals surface area contributed by atoms with Crippen molar-refractivity contribution in [1.82, 2.24) is 15.1 Å². The van der Waals surface area contributed by atoms with Crippen LogP contribution in [0.4, 0.5) is 5.69 Å². The Morgan fingerprint density at radius 1 is 1.11 bits per heavy atom. The highest BCUT2D eigenvalue weighted by atomic mass is 32.2. The second kappa shape index (κ2) is 9.37. The van der Waals surface area contributed by atoms with Crippen LogP contribution in [0.25, 0.3) is 11.4 Å². The molecule has 0 radical (unpaired) electrons. The van der Waals surface area contributed by atoms with Gasteiger partial charge >= 0.3 is 0 Å². The van der Waals surface area contributed by atoms with Crippen molar-refractivity contribution in [1.29, 1.82) is 0 Å². The number of aromatic nitrogens is 2. The third kappa shape index (κ3) is 4.09. The van der Waals surface area contributed by atoms with E-state index in [2.05, 4.69) is 20.5 Å². The minimum atomic E-state index is -0.904. The lowest BCUT2D eigenvalue weighted by atomic mass is 10.1. The average Bonchev–Trinajstić information content (AvgIpc) is 3.57. The zero-order valence-electron chi connectivity index (χ0n) is 19.2. The maximum atomic E-state index is 13.2. The molecule has 1 aromatic heterocycles. The minimum Gasteiger partial charge on any atom is -0.493 e. The zero-order chi connectivity index (χ0) is 24.5. The Labute approximate surface area is 205 Å². The van der Waals surface area contributed by atoms with Gasteiger partial charge in [-0.2, -0.15) is 10.1 Å². The van der Waals surface area contributed by atoms with Gasteiger partial charge in [0.25, 0.3) is 11.8 Å². The molecule has 2 aliphatic heterocycles. The van der Waals surface area contributed by atoms with Crippen LogP contribution >= 0.6 is 11.8 Å². The van der Waals surface area contributed by atoms with Crippen LogP contribution in [0.15, 0.2) is 62.2 Å². The first-order chi connectivity index (χ1) is 17.0. The Bertz CT molecular complexity index is 1310. The van der Waals surface area contributed by atoms with Crippen molar-refractivity contribution >= 4 is 29.3 Å². The largest absolute Gasteiger partial charge is 0.493 e. The quantitative estimate of drug-likeness (QED) is 0.342. The fraction of sp³-hybridized carbons (Fsp3) is 0.304. The van der Waals surface area contributed by atoms with Crippen LogP contribution in [0.1, 0.15) is 12.8 Å². The van der Waals surface area contributed by atoms with Crippen molar-refractivity contribution in [2.24, 2.45) is 10.3 Å². The number of thioether (sulfide) groups is 1. The van der Waals surface area contributed by atoms with Gasteiger partial charge in [0.2, 0.25) is 11.7 Å². The summed E-state index contributed by atoms with van der Waals surface area (Å²) < 4.78 is 16.3. The number of carbonyl (C=O) groups is 2. The lowest BCUT2D eigenvalue weighted by Gasteiger charge is -2.19. The van der Waals surface area contributed by atoms with Gasteiger partial charge in [-0.25, -0.2) is 4.90 Å². The molecule has 0 bridgehead atoms. The Morgan fingerprint density at radius 2 is 1.97 bits per heavy atom. The zero-order valence-corrected chi connectivity index (χ0v) is 20.1. The Morgan fingerprint density at radius 3 is 2.74 bits per heavy atom. The summed E-state index contributed by atoms with van der Waals surface area (Å²) in [6.45, 7) is 2.43. The summed E-state index contributed by atoms with van der Waals surface area (Å²) in [5.41, 5.74) is 1.19. The highest BCUT2D eigenvalue weighted by Crippen LogP contribution is 2.35. The lowest BCUT2D eigenvalue weighted by molar-refractivity contribution is -0.123. The summed E-state index contributed by atoms with van der Waals surface area (Å²) in [5, 5.41) is 13.5. The molecule has 11 nitrogen and oxygen atoms in total. The molecule has 2 amide bonds. The predicted octanol–water partition coefficient (Wildman–Crippen LogP) is 3.36. The monoisotopic (exact) mass is 494 g/mol. The van der Waals surface area contributed by atoms with E-state index in [9.17, 15) is 9.59 Å². The van der Waals surface area contributed by atoms with E-state index in [-0.39, 0.29) is 18.3 Å². The van der Waals surface area contributed by atoms with Crippen LogP contribution in [-0.4, -0.2) is 59.0 Å². The number of rotatable bonds is 8. The smallest absolute Gasteiger partial charge is 0.263 e. The molecule has 5 rings (SSSR count). The maximum absolute atomic E-state index is 13.2. The molecule has 1 fully saturated rings. The molecular formula is C23H22N6O5S. The molecule has 2 atom stereocenters. The van der Waals surface area contributed by atoms with E-state index in [1.807, 2.05) is 25.3 Å². The second-order valence-corrected chi connectivity index (χ2v) is 8.60. The summed E-state index contributed by atoms with van der Waals surface area (Å²) in [7, 11) is 1.55. The fourth-order valence-electron chi connectivity index (χ4n) is 4.01. The summed E-state index contributed by atoms with van der Waals surface area (Å²) in [6.07, 6.45) is 1.93. The molecule has 0 N–H and O–H groups in total. The second-order valence-electron chi connectivity index (χ2n) is 7.72. The molecule has 1 saturated heterocycles. The van der Waals surface area contributed by atoms with E-state index in [0.29, 0.717) is 35.2 Å². The molecular weight excluding hydrogens is 472 g/mol. The molecule has 0 spiro atoms. The van der Waals surface area contributed by atoms with Crippen LogP contribution in [-0.2, 0) is 16.1 Å². The first-order valence-electron chi connectivity index (χ1n) is 10.9. The number of anilines is 1. The number of methoxy groups -OCH3 is 1. The van der Waals surface area contributed by atoms with Gasteiger partial charge in [-0.05, 0) is 49.6 Å². The highest BCUT2D eigenvalue weighted by Gasteiger charge is 2.55.